The summed E-state index contributed by atoms with van der Waals surface area (Å²) in [6, 6.07) is 4.40. The fourth-order valence-corrected chi connectivity index (χ4v) is 2.88. The van der Waals surface area contributed by atoms with Crippen LogP contribution in [0.2, 0.25) is 0 Å². The van der Waals surface area contributed by atoms with Crippen molar-refractivity contribution in [1.29, 1.82) is 0 Å². The largest absolute Gasteiger partial charge is 0.358 e. The van der Waals surface area contributed by atoms with Gasteiger partial charge in [-0.3, -0.25) is 4.79 Å². The number of nitrogens with one attached hydrogen (secondary N) is 2. The van der Waals surface area contributed by atoms with Crippen LogP contribution in [0.4, 0.5) is 0 Å². The van der Waals surface area contributed by atoms with Gasteiger partial charge in [-0.1, -0.05) is 18.6 Å². The molecule has 0 bridgehead atoms. The summed E-state index contributed by atoms with van der Waals surface area (Å²) in [4.78, 5) is 15.3. The number of amides is 1. The highest BCUT2D eigenvalue weighted by atomic mass is 16.2. The van der Waals surface area contributed by atoms with Gasteiger partial charge in [-0.15, -0.1) is 0 Å². The zero-order chi connectivity index (χ0) is 14.3. The van der Waals surface area contributed by atoms with E-state index in [4.69, 9.17) is 0 Å². The maximum atomic E-state index is 11.8. The summed E-state index contributed by atoms with van der Waals surface area (Å²) in [5, 5.41) is 4.36. The number of aromatic amines is 1. The van der Waals surface area contributed by atoms with Crippen molar-refractivity contribution in [2.24, 2.45) is 5.92 Å². The van der Waals surface area contributed by atoms with Crippen molar-refractivity contribution >= 4 is 16.8 Å². The van der Waals surface area contributed by atoms with Gasteiger partial charge in [0.1, 0.15) is 0 Å². The van der Waals surface area contributed by atoms with E-state index in [9.17, 15) is 4.79 Å². The molecular weight excluding hydrogens is 248 g/mol. The van der Waals surface area contributed by atoms with Crippen LogP contribution in [-0.2, 0) is 17.8 Å². The van der Waals surface area contributed by atoms with E-state index in [1.165, 1.54) is 33.3 Å². The average molecular weight is 270 g/mol. The zero-order valence-corrected chi connectivity index (χ0v) is 12.5. The molecule has 20 heavy (non-hydrogen) atoms. The van der Waals surface area contributed by atoms with Gasteiger partial charge in [0.05, 0.1) is 5.52 Å². The van der Waals surface area contributed by atoms with Crippen molar-refractivity contribution in [3.63, 3.8) is 0 Å². The minimum absolute atomic E-state index is 0.207. The van der Waals surface area contributed by atoms with Crippen LogP contribution >= 0.6 is 0 Å². The summed E-state index contributed by atoms with van der Waals surface area (Å²) in [5.74, 6) is 0.477. The quantitative estimate of drug-likeness (QED) is 0.879. The topological polar surface area (TPSA) is 44.9 Å². The Kier molecular flexibility index (Phi) is 3.28. The normalized spacial score (nSPS) is 14.8. The lowest BCUT2D eigenvalue weighted by Gasteiger charge is -2.07. The molecule has 2 N–H and O–H groups in total. The summed E-state index contributed by atoms with van der Waals surface area (Å²) in [6.45, 7) is 7.07. The molecule has 0 unspecified atom stereocenters. The Labute approximate surface area is 119 Å². The van der Waals surface area contributed by atoms with Gasteiger partial charge in [-0.25, -0.2) is 0 Å². The van der Waals surface area contributed by atoms with Crippen molar-refractivity contribution in [3.05, 3.63) is 34.5 Å². The summed E-state index contributed by atoms with van der Waals surface area (Å²) < 4.78 is 0. The molecule has 1 aromatic heterocycles. The van der Waals surface area contributed by atoms with Crippen LogP contribution in [0.15, 0.2) is 12.1 Å². The maximum Gasteiger partial charge on any atom is 0.223 e. The molecule has 2 aromatic rings. The number of rotatable bonds is 4. The number of carbonyl (C=O) groups excluding carboxylic acids is 1. The second-order valence-corrected chi connectivity index (χ2v) is 5.92. The fraction of sp³-hybridized carbons (Fsp3) is 0.471. The lowest BCUT2D eigenvalue weighted by Crippen LogP contribution is -2.24. The minimum Gasteiger partial charge on any atom is -0.358 e. The molecule has 0 aliphatic heterocycles. The molecule has 1 fully saturated rings. The number of benzene rings is 1. The van der Waals surface area contributed by atoms with Crippen molar-refractivity contribution < 1.29 is 4.79 Å². The Bertz CT molecular complexity index is 665. The maximum absolute atomic E-state index is 11.8. The Balaban J connectivity index is 1.94. The van der Waals surface area contributed by atoms with Gasteiger partial charge in [-0.05, 0) is 50.3 Å². The monoisotopic (exact) mass is 270 g/mol. The van der Waals surface area contributed by atoms with Gasteiger partial charge in [0.25, 0.3) is 0 Å². The molecule has 0 saturated heterocycles. The van der Waals surface area contributed by atoms with Crippen molar-refractivity contribution in [2.75, 3.05) is 0 Å². The molecule has 1 amide bonds. The second kappa shape index (κ2) is 4.97. The molecule has 1 heterocycles. The third kappa shape index (κ3) is 2.33. The summed E-state index contributed by atoms with van der Waals surface area (Å²) in [7, 11) is 0. The lowest BCUT2D eigenvalue weighted by molar-refractivity contribution is -0.122. The van der Waals surface area contributed by atoms with Gasteiger partial charge < -0.3 is 10.3 Å². The van der Waals surface area contributed by atoms with Crippen LogP contribution in [0.25, 0.3) is 10.9 Å². The van der Waals surface area contributed by atoms with Gasteiger partial charge in [0, 0.05) is 23.5 Å². The highest BCUT2D eigenvalue weighted by Gasteiger charge is 2.29. The molecule has 3 heteroatoms. The van der Waals surface area contributed by atoms with E-state index in [-0.39, 0.29) is 11.8 Å². The standard InChI is InChI=1S/C17H22N2O/c1-4-15-11(3)14-8-10(2)7-13(16(14)19-15)9-18-17(20)12-5-6-12/h7-8,12,19H,4-6,9H2,1-3H3,(H,18,20). The first-order chi connectivity index (χ1) is 9.60. The smallest absolute Gasteiger partial charge is 0.223 e. The highest BCUT2D eigenvalue weighted by molar-refractivity contribution is 5.88. The SMILES string of the molecule is CCc1[nH]c2c(CNC(=O)C3CC3)cc(C)cc2c1C. The number of carbonyl (C=O) groups is 1. The molecule has 0 spiro atoms. The van der Waals surface area contributed by atoms with Crippen LogP contribution in [0, 0.1) is 19.8 Å². The zero-order valence-electron chi connectivity index (χ0n) is 12.5. The fourth-order valence-electron chi connectivity index (χ4n) is 2.88. The van der Waals surface area contributed by atoms with Crippen LogP contribution < -0.4 is 5.32 Å². The third-order valence-electron chi connectivity index (χ3n) is 4.25. The van der Waals surface area contributed by atoms with Gasteiger partial charge >= 0.3 is 0 Å². The molecule has 0 atom stereocenters. The Morgan fingerprint density at radius 2 is 2.10 bits per heavy atom. The van der Waals surface area contributed by atoms with E-state index in [1.807, 2.05) is 0 Å². The Hall–Kier alpha value is -1.77. The average Bonchev–Trinajstić information content (AvgIpc) is 3.22. The molecule has 1 aliphatic rings. The van der Waals surface area contributed by atoms with Crippen LogP contribution in [0.1, 0.15) is 42.1 Å². The summed E-state index contributed by atoms with van der Waals surface area (Å²) >= 11 is 0. The van der Waals surface area contributed by atoms with Gasteiger partial charge in [-0.2, -0.15) is 0 Å². The number of hydrogen-bond acceptors (Lipinski definition) is 1. The van der Waals surface area contributed by atoms with Crippen molar-refractivity contribution in [1.82, 2.24) is 10.3 Å². The molecule has 1 saturated carbocycles. The first-order valence-corrected chi connectivity index (χ1v) is 7.48. The summed E-state index contributed by atoms with van der Waals surface area (Å²) in [6.07, 6.45) is 3.11. The van der Waals surface area contributed by atoms with Crippen molar-refractivity contribution in [2.45, 2.75) is 46.6 Å². The number of aryl methyl sites for hydroxylation is 3. The van der Waals surface area contributed by atoms with Crippen LogP contribution in [0.3, 0.4) is 0 Å². The van der Waals surface area contributed by atoms with Crippen molar-refractivity contribution in [3.8, 4) is 0 Å². The Morgan fingerprint density at radius 3 is 2.75 bits per heavy atom. The van der Waals surface area contributed by atoms with E-state index in [2.05, 4.69) is 43.2 Å². The molecule has 106 valence electrons. The number of hydrogen-bond donors (Lipinski definition) is 2. The Morgan fingerprint density at radius 1 is 1.35 bits per heavy atom. The number of H-pyrrole nitrogens is 1. The molecule has 1 aliphatic carbocycles. The lowest BCUT2D eigenvalue weighted by atomic mass is 10.0. The highest BCUT2D eigenvalue weighted by Crippen LogP contribution is 2.30. The van der Waals surface area contributed by atoms with E-state index < -0.39 is 0 Å². The van der Waals surface area contributed by atoms with E-state index in [1.54, 1.807) is 0 Å². The molecule has 1 aromatic carbocycles. The molecule has 3 nitrogen and oxygen atoms in total. The van der Waals surface area contributed by atoms with Gasteiger partial charge in [0.15, 0.2) is 0 Å². The minimum atomic E-state index is 0.207. The second-order valence-electron chi connectivity index (χ2n) is 5.92. The third-order valence-corrected chi connectivity index (χ3v) is 4.25. The van der Waals surface area contributed by atoms with E-state index in [0.717, 1.165) is 19.3 Å². The summed E-state index contributed by atoms with van der Waals surface area (Å²) in [5.41, 5.74) is 6.25. The number of aromatic nitrogens is 1. The number of fused-ring (bicyclic) bond motifs is 1. The van der Waals surface area contributed by atoms with E-state index in [0.29, 0.717) is 6.54 Å². The van der Waals surface area contributed by atoms with Crippen LogP contribution in [0.5, 0.6) is 0 Å². The first-order valence-electron chi connectivity index (χ1n) is 7.48. The van der Waals surface area contributed by atoms with Crippen LogP contribution in [-0.4, -0.2) is 10.9 Å². The predicted molar refractivity (Wildman–Crippen MR) is 81.7 cm³/mol. The van der Waals surface area contributed by atoms with E-state index >= 15 is 0 Å². The van der Waals surface area contributed by atoms with Gasteiger partial charge in [0.2, 0.25) is 5.91 Å². The first kappa shape index (κ1) is 13.2. The predicted octanol–water partition coefficient (Wildman–Crippen LogP) is 3.37. The molecule has 3 rings (SSSR count). The molecule has 0 radical (unpaired) electrons. The molecular formula is C17H22N2O.